The molecule has 0 unspecified atom stereocenters. The molecule has 0 atom stereocenters. The van der Waals surface area contributed by atoms with E-state index in [9.17, 15) is 0 Å². The molecule has 0 aliphatic rings. The molecule has 1 aromatic heterocycles. The summed E-state index contributed by atoms with van der Waals surface area (Å²) in [6, 6.07) is 18.1. The fraction of sp³-hybridized carbons (Fsp3) is 0.286. The summed E-state index contributed by atoms with van der Waals surface area (Å²) in [5, 5.41) is 13.8. The van der Waals surface area contributed by atoms with Crippen molar-refractivity contribution in [2.45, 2.75) is 19.4 Å². The number of aliphatic imine (C=N–C) groups is 1. The van der Waals surface area contributed by atoms with Crippen molar-refractivity contribution in [3.63, 3.8) is 0 Å². The van der Waals surface area contributed by atoms with Gasteiger partial charge in [-0.1, -0.05) is 30.3 Å². The Balaban J connectivity index is 0.00000300. The van der Waals surface area contributed by atoms with Gasteiger partial charge in [-0.2, -0.15) is 5.10 Å². The third kappa shape index (κ3) is 7.04. The first-order valence-corrected chi connectivity index (χ1v) is 9.32. The zero-order valence-electron chi connectivity index (χ0n) is 16.7. The monoisotopic (exact) mass is 506 g/mol. The van der Waals surface area contributed by atoms with Crippen LogP contribution in [0.2, 0.25) is 0 Å². The molecular weight excluding hydrogens is 479 g/mol. The summed E-state index contributed by atoms with van der Waals surface area (Å²) in [6.45, 7) is 1.36. The number of rotatable bonds is 8. The first kappa shape index (κ1) is 22.7. The minimum Gasteiger partial charge on any atom is -0.497 e. The van der Waals surface area contributed by atoms with Crippen LogP contribution in [0.25, 0.3) is 11.4 Å². The second-order valence-electron chi connectivity index (χ2n) is 6.28. The molecule has 8 heteroatoms. The fourth-order valence-electron chi connectivity index (χ4n) is 2.78. The molecule has 0 aliphatic heterocycles. The van der Waals surface area contributed by atoms with E-state index in [4.69, 9.17) is 4.74 Å². The maximum Gasteiger partial charge on any atom is 0.191 e. The largest absolute Gasteiger partial charge is 0.497 e. The van der Waals surface area contributed by atoms with Crippen LogP contribution in [0.1, 0.15) is 17.8 Å². The van der Waals surface area contributed by atoms with Crippen LogP contribution in [0, 0.1) is 0 Å². The van der Waals surface area contributed by atoms with E-state index in [0.29, 0.717) is 12.4 Å². The lowest BCUT2D eigenvalue weighted by Gasteiger charge is -2.10. The van der Waals surface area contributed by atoms with Crippen molar-refractivity contribution in [1.82, 2.24) is 25.8 Å². The number of benzene rings is 2. The average Bonchev–Trinajstić information content (AvgIpc) is 3.23. The Morgan fingerprint density at radius 1 is 1.07 bits per heavy atom. The fourth-order valence-corrected chi connectivity index (χ4v) is 2.78. The van der Waals surface area contributed by atoms with Gasteiger partial charge in [0.1, 0.15) is 11.6 Å². The van der Waals surface area contributed by atoms with E-state index < -0.39 is 0 Å². The van der Waals surface area contributed by atoms with Crippen LogP contribution in [-0.2, 0) is 13.0 Å². The van der Waals surface area contributed by atoms with Crippen LogP contribution in [0.3, 0.4) is 0 Å². The molecule has 0 aliphatic carbocycles. The van der Waals surface area contributed by atoms with Crippen molar-refractivity contribution in [3.05, 3.63) is 66.0 Å². The normalized spacial score (nSPS) is 10.9. The van der Waals surface area contributed by atoms with Gasteiger partial charge in [0.25, 0.3) is 0 Å². The molecule has 0 radical (unpaired) electrons. The maximum absolute atomic E-state index is 5.17. The van der Waals surface area contributed by atoms with Crippen LogP contribution in [-0.4, -0.2) is 41.8 Å². The van der Waals surface area contributed by atoms with Gasteiger partial charge in [-0.3, -0.25) is 10.1 Å². The molecule has 0 spiro atoms. The Bertz CT molecular complexity index is 880. The van der Waals surface area contributed by atoms with E-state index in [1.54, 1.807) is 14.2 Å². The Morgan fingerprint density at radius 2 is 1.83 bits per heavy atom. The lowest BCUT2D eigenvalue weighted by Crippen LogP contribution is -2.37. The molecule has 29 heavy (non-hydrogen) atoms. The number of aromatic amines is 1. The number of ether oxygens (including phenoxy) is 1. The number of methoxy groups -OCH3 is 1. The van der Waals surface area contributed by atoms with Crippen molar-refractivity contribution in [2.75, 3.05) is 20.7 Å². The number of nitrogens with zero attached hydrogens (tertiary/aromatic N) is 3. The zero-order valence-corrected chi connectivity index (χ0v) is 19.0. The van der Waals surface area contributed by atoms with Gasteiger partial charge in [0.05, 0.1) is 13.7 Å². The van der Waals surface area contributed by atoms with Gasteiger partial charge in [0.2, 0.25) is 0 Å². The predicted octanol–water partition coefficient (Wildman–Crippen LogP) is 3.40. The Hall–Kier alpha value is -2.62. The Morgan fingerprint density at radius 3 is 2.52 bits per heavy atom. The van der Waals surface area contributed by atoms with Gasteiger partial charge < -0.3 is 15.4 Å². The lowest BCUT2D eigenvalue weighted by atomic mass is 10.1. The molecule has 0 bridgehead atoms. The van der Waals surface area contributed by atoms with Gasteiger partial charge >= 0.3 is 0 Å². The van der Waals surface area contributed by atoms with Crippen LogP contribution in [0.15, 0.2) is 59.6 Å². The van der Waals surface area contributed by atoms with Gasteiger partial charge in [-0.05, 0) is 42.7 Å². The highest BCUT2D eigenvalue weighted by atomic mass is 127. The van der Waals surface area contributed by atoms with Gasteiger partial charge in [-0.15, -0.1) is 24.0 Å². The maximum atomic E-state index is 5.17. The second kappa shape index (κ2) is 12.1. The van der Waals surface area contributed by atoms with Crippen LogP contribution in [0.4, 0.5) is 0 Å². The summed E-state index contributed by atoms with van der Waals surface area (Å²) < 4.78 is 5.17. The van der Waals surface area contributed by atoms with Crippen molar-refractivity contribution in [2.24, 2.45) is 4.99 Å². The third-order valence-corrected chi connectivity index (χ3v) is 4.30. The van der Waals surface area contributed by atoms with Gasteiger partial charge in [0.15, 0.2) is 11.8 Å². The van der Waals surface area contributed by atoms with E-state index in [2.05, 4.69) is 55.1 Å². The summed E-state index contributed by atoms with van der Waals surface area (Å²) in [5.74, 6) is 2.96. The SMILES string of the molecule is CN=C(NCCCc1ccccc1)NCc1nc(-c2ccc(OC)cc2)n[nH]1.I. The van der Waals surface area contributed by atoms with Crippen LogP contribution in [0.5, 0.6) is 5.75 Å². The smallest absolute Gasteiger partial charge is 0.191 e. The Kier molecular flexibility index (Phi) is 9.42. The number of hydrogen-bond donors (Lipinski definition) is 3. The van der Waals surface area contributed by atoms with E-state index in [1.807, 2.05) is 30.3 Å². The van der Waals surface area contributed by atoms with Crippen molar-refractivity contribution >= 4 is 29.9 Å². The minimum atomic E-state index is 0. The lowest BCUT2D eigenvalue weighted by molar-refractivity contribution is 0.415. The number of hydrogen-bond acceptors (Lipinski definition) is 4. The number of guanidine groups is 1. The summed E-state index contributed by atoms with van der Waals surface area (Å²) in [6.07, 6.45) is 2.08. The minimum absolute atomic E-state index is 0. The van der Waals surface area contributed by atoms with E-state index in [1.165, 1.54) is 5.56 Å². The first-order valence-electron chi connectivity index (χ1n) is 9.32. The number of aromatic nitrogens is 3. The molecule has 154 valence electrons. The highest BCUT2D eigenvalue weighted by Gasteiger charge is 2.07. The standard InChI is InChI=1S/C21H26N6O.HI/c1-22-21(23-14-6-9-16-7-4-3-5-8-16)24-15-19-25-20(27-26-19)17-10-12-18(28-2)13-11-17;/h3-5,7-8,10-13H,6,9,14-15H2,1-2H3,(H2,22,23,24)(H,25,26,27);1H. The van der Waals surface area contributed by atoms with E-state index >= 15 is 0 Å². The first-order chi connectivity index (χ1) is 13.8. The number of halogens is 1. The molecule has 3 N–H and O–H groups in total. The summed E-state index contributed by atoms with van der Waals surface area (Å²) in [5.41, 5.74) is 2.28. The molecule has 0 saturated carbocycles. The highest BCUT2D eigenvalue weighted by molar-refractivity contribution is 14.0. The second-order valence-corrected chi connectivity index (χ2v) is 6.28. The van der Waals surface area contributed by atoms with Crippen molar-refractivity contribution in [3.8, 4) is 17.1 Å². The summed E-state index contributed by atoms with van der Waals surface area (Å²) in [7, 11) is 3.41. The summed E-state index contributed by atoms with van der Waals surface area (Å²) in [4.78, 5) is 8.78. The molecule has 0 fully saturated rings. The van der Waals surface area contributed by atoms with Crippen molar-refractivity contribution in [1.29, 1.82) is 0 Å². The summed E-state index contributed by atoms with van der Waals surface area (Å²) >= 11 is 0. The zero-order chi connectivity index (χ0) is 19.6. The van der Waals surface area contributed by atoms with Gasteiger partial charge in [-0.25, -0.2) is 4.98 Å². The van der Waals surface area contributed by atoms with Gasteiger partial charge in [0, 0.05) is 19.2 Å². The molecule has 2 aromatic carbocycles. The topological polar surface area (TPSA) is 87.2 Å². The van der Waals surface area contributed by atoms with Crippen molar-refractivity contribution < 1.29 is 4.74 Å². The number of nitrogens with one attached hydrogen (secondary N) is 3. The molecule has 3 rings (SSSR count). The molecule has 3 aromatic rings. The third-order valence-electron chi connectivity index (χ3n) is 4.30. The molecule has 1 heterocycles. The van der Waals surface area contributed by atoms with E-state index in [0.717, 1.165) is 42.5 Å². The Labute approximate surface area is 188 Å². The number of aryl methyl sites for hydroxylation is 1. The number of H-pyrrole nitrogens is 1. The average molecular weight is 506 g/mol. The predicted molar refractivity (Wildman–Crippen MR) is 127 cm³/mol. The molecular formula is C21H27IN6O. The van der Waals surface area contributed by atoms with Crippen LogP contribution >= 0.6 is 24.0 Å². The molecule has 7 nitrogen and oxygen atoms in total. The molecule has 0 saturated heterocycles. The van der Waals surface area contributed by atoms with Crippen LogP contribution < -0.4 is 15.4 Å². The quantitative estimate of drug-likeness (QED) is 0.189. The van der Waals surface area contributed by atoms with E-state index in [-0.39, 0.29) is 24.0 Å². The highest BCUT2D eigenvalue weighted by Crippen LogP contribution is 2.18. The molecule has 0 amide bonds.